The van der Waals surface area contributed by atoms with E-state index < -0.39 is 0 Å². The largest absolute Gasteiger partial charge is 0.454 e. The number of carbonyl (C=O) groups is 1. The van der Waals surface area contributed by atoms with Gasteiger partial charge in [-0.3, -0.25) is 14.2 Å². The van der Waals surface area contributed by atoms with Gasteiger partial charge in [-0.05, 0) is 42.8 Å². The molecule has 2 heterocycles. The molecule has 0 radical (unpaired) electrons. The number of fused-ring (bicyclic) bond motifs is 2. The number of rotatable bonds is 4. The van der Waals surface area contributed by atoms with Crippen LogP contribution in [0.25, 0.3) is 10.9 Å². The predicted molar refractivity (Wildman–Crippen MR) is 100 cm³/mol. The van der Waals surface area contributed by atoms with Gasteiger partial charge >= 0.3 is 0 Å². The third-order valence-electron chi connectivity index (χ3n) is 4.37. The van der Waals surface area contributed by atoms with E-state index in [0.29, 0.717) is 27.4 Å². The summed E-state index contributed by atoms with van der Waals surface area (Å²) in [5.41, 5.74) is 1.10. The first kappa shape index (κ1) is 17.4. The van der Waals surface area contributed by atoms with Gasteiger partial charge in [0.15, 0.2) is 11.5 Å². The summed E-state index contributed by atoms with van der Waals surface area (Å²) in [6, 6.07) is 10.1. The van der Waals surface area contributed by atoms with Crippen molar-refractivity contribution < 1.29 is 14.3 Å². The second-order valence-corrected chi connectivity index (χ2v) is 6.68. The van der Waals surface area contributed by atoms with E-state index in [-0.39, 0.29) is 30.8 Å². The molecular weight excluding hydrogens is 370 g/mol. The zero-order valence-electron chi connectivity index (χ0n) is 14.4. The van der Waals surface area contributed by atoms with Crippen LogP contribution in [-0.2, 0) is 11.3 Å². The maximum atomic E-state index is 12.6. The molecule has 138 valence electrons. The predicted octanol–water partition coefficient (Wildman–Crippen LogP) is 2.66. The average Bonchev–Trinajstić information content (AvgIpc) is 3.12. The van der Waals surface area contributed by atoms with Crippen LogP contribution in [0.5, 0.6) is 11.5 Å². The van der Waals surface area contributed by atoms with E-state index in [1.54, 1.807) is 18.2 Å². The van der Waals surface area contributed by atoms with Gasteiger partial charge in [0, 0.05) is 5.02 Å². The molecule has 7 nitrogen and oxygen atoms in total. The highest BCUT2D eigenvalue weighted by molar-refractivity contribution is 6.31. The maximum absolute atomic E-state index is 12.6. The second-order valence-electron chi connectivity index (χ2n) is 6.24. The fourth-order valence-corrected chi connectivity index (χ4v) is 3.12. The van der Waals surface area contributed by atoms with Gasteiger partial charge < -0.3 is 14.8 Å². The van der Waals surface area contributed by atoms with Crippen molar-refractivity contribution in [2.75, 3.05) is 6.79 Å². The number of ether oxygens (including phenoxy) is 2. The Hall–Kier alpha value is -3.06. The number of nitrogens with zero attached hydrogens (tertiary/aromatic N) is 2. The van der Waals surface area contributed by atoms with Crippen LogP contribution in [-0.4, -0.2) is 22.3 Å². The number of nitrogens with one attached hydrogen (secondary N) is 1. The second kappa shape index (κ2) is 6.92. The Kier molecular flexibility index (Phi) is 4.45. The van der Waals surface area contributed by atoms with Gasteiger partial charge in [-0.2, -0.15) is 0 Å². The standard InChI is InChI=1S/C19H16ClN3O4/c1-11(12-2-5-16-17(6-12)27-10-26-16)22-18(24)8-23-9-21-15-4-3-13(20)7-14(15)19(23)25/h2-7,9,11H,8,10H2,1H3,(H,22,24)/t11-/m0/s1. The van der Waals surface area contributed by atoms with Crippen molar-refractivity contribution in [3.63, 3.8) is 0 Å². The zero-order chi connectivity index (χ0) is 19.0. The van der Waals surface area contributed by atoms with Gasteiger partial charge in [0.05, 0.1) is 23.3 Å². The van der Waals surface area contributed by atoms with Crippen molar-refractivity contribution in [3.05, 3.63) is 63.7 Å². The van der Waals surface area contributed by atoms with Crippen LogP contribution in [0.3, 0.4) is 0 Å². The van der Waals surface area contributed by atoms with Crippen LogP contribution >= 0.6 is 11.6 Å². The van der Waals surface area contributed by atoms with Crippen LogP contribution in [0.4, 0.5) is 0 Å². The molecule has 0 saturated heterocycles. The van der Waals surface area contributed by atoms with Gasteiger partial charge in [-0.25, -0.2) is 4.98 Å². The number of amides is 1. The quantitative estimate of drug-likeness (QED) is 0.746. The highest BCUT2D eigenvalue weighted by Crippen LogP contribution is 2.34. The third kappa shape index (κ3) is 3.46. The van der Waals surface area contributed by atoms with Gasteiger partial charge in [-0.1, -0.05) is 17.7 Å². The minimum Gasteiger partial charge on any atom is -0.454 e. The molecule has 1 aliphatic heterocycles. The van der Waals surface area contributed by atoms with E-state index in [9.17, 15) is 9.59 Å². The fraction of sp³-hybridized carbons (Fsp3) is 0.211. The summed E-state index contributed by atoms with van der Waals surface area (Å²) in [5, 5.41) is 3.69. The Morgan fingerprint density at radius 3 is 2.93 bits per heavy atom. The van der Waals surface area contributed by atoms with Crippen molar-refractivity contribution in [1.82, 2.24) is 14.9 Å². The van der Waals surface area contributed by atoms with Crippen molar-refractivity contribution in [2.24, 2.45) is 0 Å². The summed E-state index contributed by atoms with van der Waals surface area (Å²) >= 11 is 5.95. The van der Waals surface area contributed by atoms with Gasteiger partial charge in [0.2, 0.25) is 12.7 Å². The minimum atomic E-state index is -0.312. The normalized spacial score (nSPS) is 13.6. The SMILES string of the molecule is C[C@H](NC(=O)Cn1cnc2ccc(Cl)cc2c1=O)c1ccc2c(c1)OCO2. The molecule has 0 aliphatic carbocycles. The topological polar surface area (TPSA) is 82.5 Å². The van der Waals surface area contributed by atoms with Crippen LogP contribution in [0.1, 0.15) is 18.5 Å². The van der Waals surface area contributed by atoms with E-state index in [2.05, 4.69) is 10.3 Å². The van der Waals surface area contributed by atoms with Gasteiger partial charge in [0.1, 0.15) is 6.54 Å². The molecule has 1 aromatic heterocycles. The highest BCUT2D eigenvalue weighted by Gasteiger charge is 2.17. The number of halogens is 1. The molecule has 1 N–H and O–H groups in total. The summed E-state index contributed by atoms with van der Waals surface area (Å²) in [7, 11) is 0. The number of hydrogen-bond acceptors (Lipinski definition) is 5. The summed E-state index contributed by atoms with van der Waals surface area (Å²) in [6.45, 7) is 1.92. The number of benzene rings is 2. The van der Waals surface area contributed by atoms with Crippen molar-refractivity contribution in [1.29, 1.82) is 0 Å². The molecule has 4 rings (SSSR count). The first-order valence-electron chi connectivity index (χ1n) is 8.35. The Balaban J connectivity index is 1.50. The number of carbonyl (C=O) groups excluding carboxylic acids is 1. The first-order chi connectivity index (χ1) is 13.0. The van der Waals surface area contributed by atoms with Crippen molar-refractivity contribution in [3.8, 4) is 11.5 Å². The summed E-state index contributed by atoms with van der Waals surface area (Å²) < 4.78 is 11.9. The lowest BCUT2D eigenvalue weighted by molar-refractivity contribution is -0.122. The van der Waals surface area contributed by atoms with Gasteiger partial charge in [-0.15, -0.1) is 0 Å². The molecule has 0 saturated carbocycles. The molecule has 0 spiro atoms. The summed E-state index contributed by atoms with van der Waals surface area (Å²) in [6.07, 6.45) is 1.36. The molecule has 27 heavy (non-hydrogen) atoms. The maximum Gasteiger partial charge on any atom is 0.261 e. The Labute approximate surface area is 159 Å². The molecule has 1 atom stereocenters. The summed E-state index contributed by atoms with van der Waals surface area (Å²) in [5.74, 6) is 1.04. The molecular formula is C19H16ClN3O4. The molecule has 1 amide bonds. The van der Waals surface area contributed by atoms with Crippen LogP contribution in [0, 0.1) is 0 Å². The van der Waals surface area contributed by atoms with Gasteiger partial charge in [0.25, 0.3) is 5.56 Å². The van der Waals surface area contributed by atoms with E-state index in [1.807, 2.05) is 25.1 Å². The lowest BCUT2D eigenvalue weighted by Gasteiger charge is -2.15. The highest BCUT2D eigenvalue weighted by atomic mass is 35.5. The van der Waals surface area contributed by atoms with E-state index >= 15 is 0 Å². The lowest BCUT2D eigenvalue weighted by atomic mass is 10.1. The van der Waals surface area contributed by atoms with E-state index in [4.69, 9.17) is 21.1 Å². The molecule has 8 heteroatoms. The smallest absolute Gasteiger partial charge is 0.261 e. The van der Waals surface area contributed by atoms with Crippen LogP contribution in [0.2, 0.25) is 5.02 Å². The third-order valence-corrected chi connectivity index (χ3v) is 4.61. The van der Waals surface area contributed by atoms with Crippen molar-refractivity contribution >= 4 is 28.4 Å². The monoisotopic (exact) mass is 385 g/mol. The van der Waals surface area contributed by atoms with Crippen LogP contribution < -0.4 is 20.3 Å². The Bertz CT molecular complexity index is 1100. The summed E-state index contributed by atoms with van der Waals surface area (Å²) in [4.78, 5) is 29.2. The zero-order valence-corrected chi connectivity index (χ0v) is 15.2. The minimum absolute atomic E-state index is 0.136. The molecule has 0 unspecified atom stereocenters. The van der Waals surface area contributed by atoms with Crippen LogP contribution in [0.15, 0.2) is 47.5 Å². The van der Waals surface area contributed by atoms with E-state index in [0.717, 1.165) is 5.56 Å². The molecule has 1 aliphatic rings. The molecule has 0 fully saturated rings. The number of hydrogen-bond donors (Lipinski definition) is 1. The first-order valence-corrected chi connectivity index (χ1v) is 8.72. The lowest BCUT2D eigenvalue weighted by Crippen LogP contribution is -2.34. The average molecular weight is 386 g/mol. The molecule has 2 aromatic carbocycles. The molecule has 0 bridgehead atoms. The Morgan fingerprint density at radius 1 is 1.26 bits per heavy atom. The van der Waals surface area contributed by atoms with Crippen molar-refractivity contribution in [2.45, 2.75) is 19.5 Å². The fourth-order valence-electron chi connectivity index (χ4n) is 2.95. The van der Waals surface area contributed by atoms with E-state index in [1.165, 1.54) is 10.9 Å². The molecule has 3 aromatic rings. The number of aromatic nitrogens is 2. The Morgan fingerprint density at radius 2 is 2.07 bits per heavy atom.